The molecule has 0 bridgehead atoms. The first-order chi connectivity index (χ1) is 11.7. The van der Waals surface area contributed by atoms with Gasteiger partial charge in [0, 0.05) is 32.7 Å². The quantitative estimate of drug-likeness (QED) is 0.866. The summed E-state index contributed by atoms with van der Waals surface area (Å²) in [6.07, 6.45) is 3.14. The maximum Gasteiger partial charge on any atom is 0.317 e. The fraction of sp³-hybridized carbons (Fsp3) is 0.632. The summed E-state index contributed by atoms with van der Waals surface area (Å²) in [5.41, 5.74) is 1.49. The summed E-state index contributed by atoms with van der Waals surface area (Å²) in [6, 6.07) is 10.4. The molecule has 2 aliphatic heterocycles. The highest BCUT2D eigenvalue weighted by Gasteiger charge is 2.48. The normalized spacial score (nSPS) is 22.7. The smallest absolute Gasteiger partial charge is 0.317 e. The summed E-state index contributed by atoms with van der Waals surface area (Å²) in [5, 5.41) is 6.52. The van der Waals surface area contributed by atoms with E-state index in [0.717, 1.165) is 52.0 Å². The maximum atomic E-state index is 12.6. The van der Waals surface area contributed by atoms with E-state index >= 15 is 0 Å². The van der Waals surface area contributed by atoms with Crippen molar-refractivity contribution in [2.75, 3.05) is 46.4 Å². The lowest BCUT2D eigenvalue weighted by atomic mass is 9.71. The van der Waals surface area contributed by atoms with Crippen molar-refractivity contribution in [1.29, 1.82) is 0 Å². The van der Waals surface area contributed by atoms with E-state index in [-0.39, 0.29) is 11.4 Å². The number of nitrogens with one attached hydrogen (secondary N) is 2. The Morgan fingerprint density at radius 1 is 1.33 bits per heavy atom. The minimum Gasteiger partial charge on any atom is -0.384 e. The topological polar surface area (TPSA) is 53.6 Å². The van der Waals surface area contributed by atoms with E-state index in [2.05, 4.69) is 22.8 Å². The van der Waals surface area contributed by atoms with Gasteiger partial charge in [-0.2, -0.15) is 0 Å². The number of benzene rings is 1. The molecular weight excluding hydrogens is 302 g/mol. The minimum atomic E-state index is 0.0717. The Hall–Kier alpha value is -1.59. The molecule has 2 saturated heterocycles. The Balaban J connectivity index is 1.53. The summed E-state index contributed by atoms with van der Waals surface area (Å²) in [6.45, 7) is 5.19. The Morgan fingerprint density at radius 3 is 2.79 bits per heavy atom. The van der Waals surface area contributed by atoms with Gasteiger partial charge in [0.15, 0.2) is 0 Å². The number of nitrogens with zero attached hydrogens (tertiary/aromatic N) is 1. The summed E-state index contributed by atoms with van der Waals surface area (Å²) in [7, 11) is 1.76. The average molecular weight is 331 g/mol. The summed E-state index contributed by atoms with van der Waals surface area (Å²) in [5.74, 6) is 0.449. The number of hydrogen-bond donors (Lipinski definition) is 2. The molecule has 1 aromatic rings. The zero-order valence-corrected chi connectivity index (χ0v) is 14.6. The molecule has 0 saturated carbocycles. The first-order valence-electron chi connectivity index (χ1n) is 9.00. The van der Waals surface area contributed by atoms with E-state index in [1.165, 1.54) is 5.56 Å². The van der Waals surface area contributed by atoms with Crippen LogP contribution >= 0.6 is 0 Å². The van der Waals surface area contributed by atoms with Crippen LogP contribution < -0.4 is 10.6 Å². The fourth-order valence-corrected chi connectivity index (χ4v) is 4.18. The molecule has 2 amide bonds. The second-order valence-corrected chi connectivity index (χ2v) is 7.11. The SMILES string of the molecule is COCC1CN(C(=O)NCCc2ccccc2)CC12CCNCC2. The van der Waals surface area contributed by atoms with Crippen molar-refractivity contribution in [2.24, 2.45) is 11.3 Å². The molecule has 132 valence electrons. The van der Waals surface area contributed by atoms with Crippen LogP contribution in [0.1, 0.15) is 18.4 Å². The van der Waals surface area contributed by atoms with E-state index in [1.807, 2.05) is 23.1 Å². The van der Waals surface area contributed by atoms with Crippen LogP contribution in [0.25, 0.3) is 0 Å². The van der Waals surface area contributed by atoms with E-state index < -0.39 is 0 Å². The van der Waals surface area contributed by atoms with Gasteiger partial charge in [0.05, 0.1) is 6.61 Å². The molecular formula is C19H29N3O2. The third kappa shape index (κ3) is 3.90. The summed E-state index contributed by atoms with van der Waals surface area (Å²) in [4.78, 5) is 14.6. The van der Waals surface area contributed by atoms with Gasteiger partial charge in [0.2, 0.25) is 0 Å². The zero-order valence-electron chi connectivity index (χ0n) is 14.6. The van der Waals surface area contributed by atoms with Gasteiger partial charge in [0.1, 0.15) is 0 Å². The third-order valence-electron chi connectivity index (χ3n) is 5.60. The highest BCUT2D eigenvalue weighted by molar-refractivity contribution is 5.74. The molecule has 0 radical (unpaired) electrons. The third-order valence-corrected chi connectivity index (χ3v) is 5.60. The number of amides is 2. The molecule has 0 aliphatic carbocycles. The van der Waals surface area contributed by atoms with Gasteiger partial charge < -0.3 is 20.3 Å². The number of ether oxygens (including phenoxy) is 1. The molecule has 1 unspecified atom stereocenters. The van der Waals surface area contributed by atoms with Gasteiger partial charge in [-0.15, -0.1) is 0 Å². The summed E-state index contributed by atoms with van der Waals surface area (Å²) < 4.78 is 5.44. The van der Waals surface area contributed by atoms with E-state index in [4.69, 9.17) is 4.74 Å². The van der Waals surface area contributed by atoms with E-state index in [9.17, 15) is 4.79 Å². The number of carbonyl (C=O) groups is 1. The maximum absolute atomic E-state index is 12.6. The Kier molecular flexibility index (Phi) is 5.74. The van der Waals surface area contributed by atoms with Gasteiger partial charge >= 0.3 is 6.03 Å². The lowest BCUT2D eigenvalue weighted by Gasteiger charge is -2.38. The van der Waals surface area contributed by atoms with Gasteiger partial charge in [-0.05, 0) is 43.3 Å². The number of methoxy groups -OCH3 is 1. The van der Waals surface area contributed by atoms with Crippen molar-refractivity contribution in [1.82, 2.24) is 15.5 Å². The Bertz CT molecular complexity index is 529. The largest absolute Gasteiger partial charge is 0.384 e. The number of carbonyl (C=O) groups excluding carboxylic acids is 1. The molecule has 2 fully saturated rings. The molecule has 24 heavy (non-hydrogen) atoms. The van der Waals surface area contributed by atoms with Gasteiger partial charge in [-0.1, -0.05) is 30.3 Å². The average Bonchev–Trinajstić information content (AvgIpc) is 2.95. The highest BCUT2D eigenvalue weighted by atomic mass is 16.5. The minimum absolute atomic E-state index is 0.0717. The fourth-order valence-electron chi connectivity index (χ4n) is 4.18. The second kappa shape index (κ2) is 7.99. The lowest BCUT2D eigenvalue weighted by molar-refractivity contribution is 0.0717. The molecule has 2 heterocycles. The van der Waals surface area contributed by atoms with Crippen LogP contribution in [-0.4, -0.2) is 57.4 Å². The number of rotatable bonds is 5. The zero-order chi connectivity index (χ0) is 16.8. The van der Waals surface area contributed by atoms with Crippen molar-refractivity contribution in [3.8, 4) is 0 Å². The van der Waals surface area contributed by atoms with Crippen LogP contribution in [0.3, 0.4) is 0 Å². The number of hydrogen-bond acceptors (Lipinski definition) is 3. The van der Waals surface area contributed by atoms with Crippen molar-refractivity contribution in [2.45, 2.75) is 19.3 Å². The molecule has 1 spiro atoms. The summed E-state index contributed by atoms with van der Waals surface area (Å²) >= 11 is 0. The van der Waals surface area contributed by atoms with Crippen LogP contribution in [-0.2, 0) is 11.2 Å². The Morgan fingerprint density at radius 2 is 2.08 bits per heavy atom. The van der Waals surface area contributed by atoms with Crippen molar-refractivity contribution in [3.63, 3.8) is 0 Å². The van der Waals surface area contributed by atoms with Crippen molar-refractivity contribution in [3.05, 3.63) is 35.9 Å². The van der Waals surface area contributed by atoms with Crippen molar-refractivity contribution < 1.29 is 9.53 Å². The standard InChI is InChI=1S/C19H29N3O2/c1-24-14-17-13-22(15-19(17)8-11-20-12-9-19)18(23)21-10-7-16-5-3-2-4-6-16/h2-6,17,20H,7-15H2,1H3,(H,21,23). The molecule has 3 rings (SSSR count). The monoisotopic (exact) mass is 331 g/mol. The molecule has 1 atom stereocenters. The molecule has 0 aromatic heterocycles. The Labute approximate surface area is 144 Å². The molecule has 2 aliphatic rings. The number of piperidine rings is 1. The number of likely N-dealkylation sites (tertiary alicyclic amines) is 1. The second-order valence-electron chi connectivity index (χ2n) is 7.11. The van der Waals surface area contributed by atoms with Gasteiger partial charge in [-0.3, -0.25) is 0 Å². The molecule has 1 aromatic carbocycles. The first-order valence-corrected chi connectivity index (χ1v) is 9.00. The predicted molar refractivity (Wildman–Crippen MR) is 95.0 cm³/mol. The van der Waals surface area contributed by atoms with Gasteiger partial charge in [-0.25, -0.2) is 4.79 Å². The molecule has 2 N–H and O–H groups in total. The highest BCUT2D eigenvalue weighted by Crippen LogP contribution is 2.43. The lowest BCUT2D eigenvalue weighted by Crippen LogP contribution is -2.44. The predicted octanol–water partition coefficient (Wildman–Crippen LogP) is 1.89. The molecule has 5 nitrogen and oxygen atoms in total. The van der Waals surface area contributed by atoms with Crippen LogP contribution in [0.4, 0.5) is 4.79 Å². The van der Waals surface area contributed by atoms with Crippen molar-refractivity contribution >= 4 is 6.03 Å². The van der Waals surface area contributed by atoms with E-state index in [1.54, 1.807) is 7.11 Å². The van der Waals surface area contributed by atoms with Gasteiger partial charge in [0.25, 0.3) is 0 Å². The van der Waals surface area contributed by atoms with Crippen LogP contribution in [0, 0.1) is 11.3 Å². The van der Waals surface area contributed by atoms with Crippen LogP contribution in [0.2, 0.25) is 0 Å². The first kappa shape index (κ1) is 17.2. The van der Waals surface area contributed by atoms with Crippen LogP contribution in [0.15, 0.2) is 30.3 Å². The molecule has 5 heteroatoms. The number of urea groups is 1. The van der Waals surface area contributed by atoms with E-state index in [0.29, 0.717) is 12.5 Å². The van der Waals surface area contributed by atoms with Crippen LogP contribution in [0.5, 0.6) is 0 Å².